The summed E-state index contributed by atoms with van der Waals surface area (Å²) in [5.74, 6) is -1.86. The van der Waals surface area contributed by atoms with Crippen LogP contribution in [0, 0.1) is 11.6 Å². The minimum atomic E-state index is -1.06. The number of ether oxygens (including phenoxy) is 1. The number of hydrogen-bond acceptors (Lipinski definition) is 5. The lowest BCUT2D eigenvalue weighted by molar-refractivity contribution is -0.126. The molecule has 2 heterocycles. The SMILES string of the molecule is CCCCCN1C[C@@H](C(=O)N[C@@H](Cc2cc(F)cc(F)c2)[C@H](O)[C@H]2C[C@@H](OCCCC)CN2)N(Cc2ccccc2)C1=O. The first-order valence-corrected chi connectivity index (χ1v) is 15.7. The zero-order chi connectivity index (χ0) is 30.8. The molecule has 0 unspecified atom stereocenters. The Kier molecular flexibility index (Phi) is 12.3. The number of nitrogens with one attached hydrogen (secondary N) is 2. The molecule has 0 spiro atoms. The predicted octanol–water partition coefficient (Wildman–Crippen LogP) is 4.40. The van der Waals surface area contributed by atoms with Crippen LogP contribution in [0.4, 0.5) is 13.6 Å². The fraction of sp³-hybridized carbons (Fsp3) is 0.576. The van der Waals surface area contributed by atoms with Gasteiger partial charge in [0.25, 0.3) is 0 Å². The number of halogens is 2. The topological polar surface area (TPSA) is 94.1 Å². The molecule has 2 fully saturated rings. The Labute approximate surface area is 253 Å². The summed E-state index contributed by atoms with van der Waals surface area (Å²) in [5.41, 5.74) is 1.22. The zero-order valence-corrected chi connectivity index (χ0v) is 25.3. The van der Waals surface area contributed by atoms with E-state index in [4.69, 9.17) is 4.74 Å². The molecule has 2 aromatic rings. The number of benzene rings is 2. The van der Waals surface area contributed by atoms with E-state index in [1.807, 2.05) is 30.3 Å². The van der Waals surface area contributed by atoms with Gasteiger partial charge < -0.3 is 30.3 Å². The summed E-state index contributed by atoms with van der Waals surface area (Å²) in [6.07, 6.45) is 4.23. The minimum Gasteiger partial charge on any atom is -0.389 e. The fourth-order valence-corrected chi connectivity index (χ4v) is 5.94. The van der Waals surface area contributed by atoms with E-state index in [0.717, 1.165) is 43.7 Å². The number of urea groups is 1. The molecule has 2 saturated heterocycles. The lowest BCUT2D eigenvalue weighted by atomic mass is 9.94. The molecular formula is C33H46F2N4O4. The Balaban J connectivity index is 1.53. The third kappa shape index (κ3) is 9.20. The number of unbranched alkanes of at least 4 members (excludes halogenated alkanes) is 3. The van der Waals surface area contributed by atoms with Gasteiger partial charge in [0.15, 0.2) is 0 Å². The predicted molar refractivity (Wildman–Crippen MR) is 161 cm³/mol. The first-order valence-electron chi connectivity index (χ1n) is 15.7. The van der Waals surface area contributed by atoms with Gasteiger partial charge in [-0.15, -0.1) is 0 Å². The summed E-state index contributed by atoms with van der Waals surface area (Å²) in [6.45, 7) is 6.44. The average molecular weight is 601 g/mol. The smallest absolute Gasteiger partial charge is 0.321 e. The summed E-state index contributed by atoms with van der Waals surface area (Å²) in [7, 11) is 0. The molecule has 3 N–H and O–H groups in total. The standard InChI is InChI=1S/C33H46F2N4O4/c1-3-5-10-13-38-22-30(39(33(38)42)21-23-11-8-7-9-12-23)32(41)37-29(17-24-15-25(34)18-26(35)16-24)31(40)28-19-27(20-36-28)43-14-6-4-2/h7-9,11-12,15-16,18,27-31,36,40H,3-6,10,13-14,17,19-22H2,1-2H3,(H,37,41)/t27-,28-,29+,30+,31-/m1/s1. The summed E-state index contributed by atoms with van der Waals surface area (Å²) in [5, 5.41) is 17.8. The van der Waals surface area contributed by atoms with Crippen LogP contribution in [0.5, 0.6) is 0 Å². The number of nitrogens with zero attached hydrogens (tertiary/aromatic N) is 2. The molecule has 43 heavy (non-hydrogen) atoms. The molecule has 2 aliphatic heterocycles. The summed E-state index contributed by atoms with van der Waals surface area (Å²) in [4.78, 5) is 30.7. The van der Waals surface area contributed by atoms with Crippen LogP contribution in [0.1, 0.15) is 63.5 Å². The molecule has 0 aliphatic carbocycles. The van der Waals surface area contributed by atoms with E-state index in [0.29, 0.717) is 31.7 Å². The lowest BCUT2D eigenvalue weighted by Crippen LogP contribution is -2.56. The highest BCUT2D eigenvalue weighted by Gasteiger charge is 2.43. The maximum Gasteiger partial charge on any atom is 0.321 e. The molecule has 4 rings (SSSR count). The molecule has 0 saturated carbocycles. The third-order valence-electron chi connectivity index (χ3n) is 8.32. The van der Waals surface area contributed by atoms with Crippen LogP contribution in [-0.2, 0) is 22.5 Å². The Morgan fingerprint density at radius 3 is 2.49 bits per heavy atom. The number of hydrogen-bond donors (Lipinski definition) is 3. The Bertz CT molecular complexity index is 1170. The minimum absolute atomic E-state index is 0.0146. The van der Waals surface area contributed by atoms with Crippen molar-refractivity contribution < 1.29 is 28.2 Å². The molecule has 0 bridgehead atoms. The second-order valence-corrected chi connectivity index (χ2v) is 11.7. The maximum atomic E-state index is 14.1. The van der Waals surface area contributed by atoms with Crippen molar-refractivity contribution in [3.8, 4) is 0 Å². The van der Waals surface area contributed by atoms with Crippen molar-refractivity contribution in [3.63, 3.8) is 0 Å². The summed E-state index contributed by atoms with van der Waals surface area (Å²) >= 11 is 0. The number of amides is 3. The average Bonchev–Trinajstić information content (AvgIpc) is 3.57. The molecule has 2 aliphatic rings. The second-order valence-electron chi connectivity index (χ2n) is 11.7. The highest BCUT2D eigenvalue weighted by atomic mass is 19.1. The number of aliphatic hydroxyl groups excluding tert-OH is 1. The van der Waals surface area contributed by atoms with Gasteiger partial charge in [0.1, 0.15) is 17.7 Å². The van der Waals surface area contributed by atoms with E-state index >= 15 is 0 Å². The van der Waals surface area contributed by atoms with Gasteiger partial charge in [-0.25, -0.2) is 13.6 Å². The van der Waals surface area contributed by atoms with Crippen molar-refractivity contribution in [2.75, 3.05) is 26.2 Å². The summed E-state index contributed by atoms with van der Waals surface area (Å²) < 4.78 is 34.1. The van der Waals surface area contributed by atoms with Crippen LogP contribution in [0.15, 0.2) is 48.5 Å². The second kappa shape index (κ2) is 16.1. The van der Waals surface area contributed by atoms with Crippen LogP contribution in [0.3, 0.4) is 0 Å². The van der Waals surface area contributed by atoms with Gasteiger partial charge in [0, 0.05) is 38.3 Å². The molecule has 8 nitrogen and oxygen atoms in total. The largest absolute Gasteiger partial charge is 0.389 e. The number of carbonyl (C=O) groups is 2. The van der Waals surface area contributed by atoms with Crippen molar-refractivity contribution in [3.05, 3.63) is 71.3 Å². The maximum absolute atomic E-state index is 14.1. The van der Waals surface area contributed by atoms with Crippen LogP contribution < -0.4 is 10.6 Å². The van der Waals surface area contributed by atoms with Gasteiger partial charge in [0.2, 0.25) is 5.91 Å². The molecule has 5 atom stereocenters. The van der Waals surface area contributed by atoms with Crippen LogP contribution >= 0.6 is 0 Å². The van der Waals surface area contributed by atoms with Crippen molar-refractivity contribution in [1.82, 2.24) is 20.4 Å². The first kappa shape index (κ1) is 32.8. The van der Waals surface area contributed by atoms with E-state index in [-0.39, 0.29) is 37.7 Å². The van der Waals surface area contributed by atoms with Crippen molar-refractivity contribution in [2.45, 2.75) is 95.7 Å². The Morgan fingerprint density at radius 2 is 1.79 bits per heavy atom. The molecular weight excluding hydrogens is 554 g/mol. The van der Waals surface area contributed by atoms with Crippen LogP contribution in [-0.4, -0.2) is 83.4 Å². The van der Waals surface area contributed by atoms with E-state index in [2.05, 4.69) is 24.5 Å². The summed E-state index contributed by atoms with van der Waals surface area (Å²) in [6, 6.07) is 10.5. The fourth-order valence-electron chi connectivity index (χ4n) is 5.94. The zero-order valence-electron chi connectivity index (χ0n) is 25.3. The highest BCUT2D eigenvalue weighted by molar-refractivity contribution is 5.90. The molecule has 236 valence electrons. The van der Waals surface area contributed by atoms with E-state index in [1.54, 1.807) is 9.80 Å². The Hall–Kier alpha value is -3.08. The molecule has 2 aromatic carbocycles. The normalized spacial score (nSPS) is 21.8. The van der Waals surface area contributed by atoms with E-state index < -0.39 is 35.7 Å². The van der Waals surface area contributed by atoms with E-state index in [9.17, 15) is 23.5 Å². The third-order valence-corrected chi connectivity index (χ3v) is 8.32. The molecule has 0 radical (unpaired) electrons. The molecule has 0 aromatic heterocycles. The monoisotopic (exact) mass is 600 g/mol. The van der Waals surface area contributed by atoms with Gasteiger partial charge in [-0.2, -0.15) is 0 Å². The first-order chi connectivity index (χ1) is 20.8. The number of aliphatic hydroxyl groups is 1. The van der Waals surface area contributed by atoms with Gasteiger partial charge in [-0.05, 0) is 48.9 Å². The highest BCUT2D eigenvalue weighted by Crippen LogP contribution is 2.23. The van der Waals surface area contributed by atoms with Crippen molar-refractivity contribution >= 4 is 11.9 Å². The van der Waals surface area contributed by atoms with Gasteiger partial charge in [-0.1, -0.05) is 63.4 Å². The van der Waals surface area contributed by atoms with Gasteiger partial charge >= 0.3 is 6.03 Å². The molecule has 10 heteroatoms. The van der Waals surface area contributed by atoms with Crippen molar-refractivity contribution in [2.24, 2.45) is 0 Å². The van der Waals surface area contributed by atoms with Crippen LogP contribution in [0.2, 0.25) is 0 Å². The quantitative estimate of drug-likeness (QED) is 0.249. The number of rotatable bonds is 16. The van der Waals surface area contributed by atoms with E-state index in [1.165, 1.54) is 12.1 Å². The van der Waals surface area contributed by atoms with Gasteiger partial charge in [-0.3, -0.25) is 4.79 Å². The van der Waals surface area contributed by atoms with Crippen molar-refractivity contribution in [1.29, 1.82) is 0 Å². The molecule has 3 amide bonds. The number of carbonyl (C=O) groups excluding carboxylic acids is 2. The lowest BCUT2D eigenvalue weighted by Gasteiger charge is -2.31. The van der Waals surface area contributed by atoms with Crippen LogP contribution in [0.25, 0.3) is 0 Å². The van der Waals surface area contributed by atoms with Gasteiger partial charge in [0.05, 0.1) is 24.8 Å². The Morgan fingerprint density at radius 1 is 1.07 bits per heavy atom.